The predicted molar refractivity (Wildman–Crippen MR) is 143 cm³/mol. The van der Waals surface area contributed by atoms with Crippen LogP contribution in [0.25, 0.3) is 0 Å². The third kappa shape index (κ3) is 4.01. The molecule has 37 heavy (non-hydrogen) atoms. The fourth-order valence-electron chi connectivity index (χ4n) is 6.13. The van der Waals surface area contributed by atoms with Crippen molar-refractivity contribution >= 4 is 0 Å². The monoisotopic (exact) mass is 492 g/mol. The van der Waals surface area contributed by atoms with Gasteiger partial charge in [0.1, 0.15) is 23.4 Å². The highest BCUT2D eigenvalue weighted by Gasteiger charge is 2.63. The van der Waals surface area contributed by atoms with Crippen molar-refractivity contribution in [2.24, 2.45) is 0 Å². The standard InChI is InChI=1S/C33H32O4/c34-32(25-15-5-1-6-16-25,26-17-7-2-8-18-26)29-30(37-31(36-29)23-13-14-24-31)33(35,27-19-9-3-10-20-27)28-21-11-4-12-22-28/h1-12,15-22,29-30,34-35H,13-14,23-24H2. The molecule has 4 nitrogen and oxygen atoms in total. The molecule has 4 aromatic rings. The van der Waals surface area contributed by atoms with Gasteiger partial charge in [-0.25, -0.2) is 0 Å². The first-order valence-electron chi connectivity index (χ1n) is 13.1. The Balaban J connectivity index is 1.59. The maximum Gasteiger partial charge on any atom is 0.169 e. The van der Waals surface area contributed by atoms with E-state index in [1.165, 1.54) is 0 Å². The molecule has 1 aliphatic heterocycles. The molecule has 0 aromatic heterocycles. The number of ether oxygens (including phenoxy) is 2. The molecule has 2 aliphatic rings. The van der Waals surface area contributed by atoms with Gasteiger partial charge in [-0.1, -0.05) is 121 Å². The van der Waals surface area contributed by atoms with Gasteiger partial charge < -0.3 is 19.7 Å². The molecule has 2 fully saturated rings. The van der Waals surface area contributed by atoms with E-state index >= 15 is 0 Å². The first-order chi connectivity index (χ1) is 18.1. The molecule has 4 heteroatoms. The van der Waals surface area contributed by atoms with Crippen molar-refractivity contribution in [2.45, 2.75) is 54.9 Å². The molecule has 2 atom stereocenters. The second-order valence-electron chi connectivity index (χ2n) is 10.2. The van der Waals surface area contributed by atoms with Crippen LogP contribution < -0.4 is 0 Å². The van der Waals surface area contributed by atoms with Crippen LogP contribution >= 0.6 is 0 Å². The lowest BCUT2D eigenvalue weighted by Gasteiger charge is -2.42. The van der Waals surface area contributed by atoms with Crippen molar-refractivity contribution in [3.05, 3.63) is 144 Å². The topological polar surface area (TPSA) is 58.9 Å². The van der Waals surface area contributed by atoms with E-state index in [1.54, 1.807) is 0 Å². The highest BCUT2D eigenvalue weighted by atomic mass is 16.8. The summed E-state index contributed by atoms with van der Waals surface area (Å²) in [6, 6.07) is 38.4. The van der Waals surface area contributed by atoms with E-state index in [-0.39, 0.29) is 0 Å². The molecule has 0 amide bonds. The number of aliphatic hydroxyl groups is 2. The molecule has 4 aromatic carbocycles. The van der Waals surface area contributed by atoms with E-state index in [1.807, 2.05) is 121 Å². The van der Waals surface area contributed by atoms with E-state index in [0.29, 0.717) is 22.3 Å². The minimum absolute atomic E-state index is 0.693. The summed E-state index contributed by atoms with van der Waals surface area (Å²) in [4.78, 5) is 0. The molecule has 2 unspecified atom stereocenters. The van der Waals surface area contributed by atoms with E-state index in [2.05, 4.69) is 0 Å². The molecule has 1 heterocycles. The Morgan fingerprint density at radius 3 is 1.03 bits per heavy atom. The van der Waals surface area contributed by atoms with Crippen molar-refractivity contribution in [3.8, 4) is 0 Å². The van der Waals surface area contributed by atoms with Crippen LogP contribution in [0, 0.1) is 0 Å². The third-order valence-corrected chi connectivity index (χ3v) is 8.00. The van der Waals surface area contributed by atoms with E-state index in [9.17, 15) is 10.2 Å². The Morgan fingerprint density at radius 2 is 0.757 bits per heavy atom. The molecule has 0 radical (unpaired) electrons. The van der Waals surface area contributed by atoms with Gasteiger partial charge in [0, 0.05) is 12.8 Å². The Kier molecular flexibility index (Phi) is 6.21. The highest BCUT2D eigenvalue weighted by Crippen LogP contribution is 2.53. The smallest absolute Gasteiger partial charge is 0.169 e. The normalized spacial score (nSPS) is 21.4. The maximum atomic E-state index is 12.8. The largest absolute Gasteiger partial charge is 0.378 e. The number of rotatable bonds is 6. The van der Waals surface area contributed by atoms with E-state index in [0.717, 1.165) is 25.7 Å². The summed E-state index contributed by atoms with van der Waals surface area (Å²) in [6.07, 6.45) is 1.62. The van der Waals surface area contributed by atoms with Crippen LogP contribution in [0.2, 0.25) is 0 Å². The summed E-state index contributed by atoms with van der Waals surface area (Å²) in [5, 5.41) is 25.6. The molecular weight excluding hydrogens is 460 g/mol. The lowest BCUT2D eigenvalue weighted by molar-refractivity contribution is -0.192. The average Bonchev–Trinajstić information content (AvgIpc) is 3.61. The Labute approximate surface area is 218 Å². The fraction of sp³-hybridized carbons (Fsp3) is 0.273. The first kappa shape index (κ1) is 24.1. The van der Waals surface area contributed by atoms with Gasteiger partial charge in [0.25, 0.3) is 0 Å². The van der Waals surface area contributed by atoms with E-state index in [4.69, 9.17) is 9.47 Å². The zero-order chi connectivity index (χ0) is 25.3. The van der Waals surface area contributed by atoms with Gasteiger partial charge in [0.2, 0.25) is 0 Å². The molecule has 1 aliphatic carbocycles. The number of benzene rings is 4. The average molecular weight is 493 g/mol. The first-order valence-corrected chi connectivity index (χ1v) is 13.1. The van der Waals surface area contributed by atoms with Crippen LogP contribution in [-0.2, 0) is 20.7 Å². The van der Waals surface area contributed by atoms with Crippen molar-refractivity contribution in [1.29, 1.82) is 0 Å². The highest BCUT2D eigenvalue weighted by molar-refractivity contribution is 5.43. The van der Waals surface area contributed by atoms with Crippen LogP contribution in [0.1, 0.15) is 47.9 Å². The van der Waals surface area contributed by atoms with Crippen LogP contribution in [0.3, 0.4) is 0 Å². The lowest BCUT2D eigenvalue weighted by atomic mass is 9.72. The third-order valence-electron chi connectivity index (χ3n) is 8.00. The Bertz CT molecular complexity index is 1120. The lowest BCUT2D eigenvalue weighted by Crippen LogP contribution is -2.54. The van der Waals surface area contributed by atoms with Gasteiger partial charge >= 0.3 is 0 Å². The van der Waals surface area contributed by atoms with E-state index < -0.39 is 29.2 Å². The molecule has 1 spiro atoms. The SMILES string of the molecule is OC(c1ccccc1)(c1ccccc1)C1OC2(CCCC2)OC1C(O)(c1ccccc1)c1ccccc1. The minimum Gasteiger partial charge on any atom is -0.378 e. The summed E-state index contributed by atoms with van der Waals surface area (Å²) < 4.78 is 13.7. The van der Waals surface area contributed by atoms with Crippen LogP contribution in [-0.4, -0.2) is 28.2 Å². The van der Waals surface area contributed by atoms with Gasteiger partial charge in [0.15, 0.2) is 5.79 Å². The predicted octanol–water partition coefficient (Wildman–Crippen LogP) is 5.91. The summed E-state index contributed by atoms with van der Waals surface area (Å²) in [5.41, 5.74) is -0.374. The fourth-order valence-corrected chi connectivity index (χ4v) is 6.13. The van der Waals surface area contributed by atoms with Gasteiger partial charge in [-0.15, -0.1) is 0 Å². The number of hydrogen-bond donors (Lipinski definition) is 2. The van der Waals surface area contributed by atoms with Crippen molar-refractivity contribution < 1.29 is 19.7 Å². The van der Waals surface area contributed by atoms with Crippen LogP contribution in [0.15, 0.2) is 121 Å². The van der Waals surface area contributed by atoms with Crippen molar-refractivity contribution in [1.82, 2.24) is 0 Å². The zero-order valence-corrected chi connectivity index (χ0v) is 20.7. The number of hydrogen-bond acceptors (Lipinski definition) is 4. The molecule has 1 saturated heterocycles. The van der Waals surface area contributed by atoms with Crippen LogP contribution in [0.5, 0.6) is 0 Å². The molecule has 6 rings (SSSR count). The molecular formula is C33H32O4. The van der Waals surface area contributed by atoms with Crippen LogP contribution in [0.4, 0.5) is 0 Å². The maximum absolute atomic E-state index is 12.8. The summed E-state index contributed by atoms with van der Waals surface area (Å²) >= 11 is 0. The molecule has 2 N–H and O–H groups in total. The van der Waals surface area contributed by atoms with Gasteiger partial charge in [-0.3, -0.25) is 0 Å². The van der Waals surface area contributed by atoms with Gasteiger partial charge in [0.05, 0.1) is 0 Å². The second-order valence-corrected chi connectivity index (χ2v) is 10.2. The van der Waals surface area contributed by atoms with Crippen molar-refractivity contribution in [2.75, 3.05) is 0 Å². The van der Waals surface area contributed by atoms with Gasteiger partial charge in [-0.2, -0.15) is 0 Å². The molecule has 1 saturated carbocycles. The molecule has 0 bridgehead atoms. The molecule has 188 valence electrons. The summed E-state index contributed by atoms with van der Waals surface area (Å²) in [5.74, 6) is -0.857. The quantitative estimate of drug-likeness (QED) is 0.351. The van der Waals surface area contributed by atoms with Gasteiger partial charge in [-0.05, 0) is 35.1 Å². The second kappa shape index (κ2) is 9.55. The summed E-state index contributed by atoms with van der Waals surface area (Å²) in [7, 11) is 0. The minimum atomic E-state index is -1.57. The summed E-state index contributed by atoms with van der Waals surface area (Å²) in [6.45, 7) is 0. The zero-order valence-electron chi connectivity index (χ0n) is 20.7. The Morgan fingerprint density at radius 1 is 0.486 bits per heavy atom. The van der Waals surface area contributed by atoms with Crippen molar-refractivity contribution in [3.63, 3.8) is 0 Å². The Hall–Kier alpha value is -3.28.